The Morgan fingerprint density at radius 1 is 1.40 bits per heavy atom. The molecule has 0 saturated carbocycles. The van der Waals surface area contributed by atoms with Gasteiger partial charge in [-0.05, 0) is 31.5 Å². The van der Waals surface area contributed by atoms with Crippen LogP contribution in [0, 0.1) is 12.8 Å². The molecule has 0 aliphatic heterocycles. The summed E-state index contributed by atoms with van der Waals surface area (Å²) in [7, 11) is 1.93. The van der Waals surface area contributed by atoms with E-state index in [0.29, 0.717) is 5.92 Å². The molecule has 0 aliphatic rings. The first-order valence-electron chi connectivity index (χ1n) is 5.36. The van der Waals surface area contributed by atoms with Crippen molar-refractivity contribution in [1.29, 1.82) is 0 Å². The number of hydrogen-bond donors (Lipinski definition) is 1. The molecule has 0 saturated heterocycles. The third-order valence-electron chi connectivity index (χ3n) is 1.94. The summed E-state index contributed by atoms with van der Waals surface area (Å²) in [5.74, 6) is 1.26. The highest BCUT2D eigenvalue weighted by atomic mass is 16.5. The molecule has 0 amide bonds. The zero-order valence-electron chi connectivity index (χ0n) is 10.0. The van der Waals surface area contributed by atoms with Gasteiger partial charge in [-0.3, -0.25) is 0 Å². The number of nitrogens with zero attached hydrogens (tertiary/aromatic N) is 1. The Morgan fingerprint density at radius 3 is 2.73 bits per heavy atom. The lowest BCUT2D eigenvalue weighted by Crippen LogP contribution is -2.09. The second-order valence-corrected chi connectivity index (χ2v) is 4.19. The fourth-order valence-electron chi connectivity index (χ4n) is 1.34. The highest BCUT2D eigenvalue weighted by molar-refractivity contribution is 5.24. The van der Waals surface area contributed by atoms with Gasteiger partial charge in [0.1, 0.15) is 0 Å². The molecule has 1 aromatic heterocycles. The van der Waals surface area contributed by atoms with E-state index in [1.54, 1.807) is 0 Å². The predicted molar refractivity (Wildman–Crippen MR) is 62.1 cm³/mol. The van der Waals surface area contributed by atoms with Crippen LogP contribution in [0.5, 0.6) is 5.88 Å². The van der Waals surface area contributed by atoms with Crippen molar-refractivity contribution in [3.63, 3.8) is 0 Å². The number of aryl methyl sites for hydroxylation is 1. The Morgan fingerprint density at radius 2 is 2.13 bits per heavy atom. The van der Waals surface area contributed by atoms with E-state index in [2.05, 4.69) is 30.2 Å². The third-order valence-corrected chi connectivity index (χ3v) is 1.94. The van der Waals surface area contributed by atoms with Gasteiger partial charge in [0, 0.05) is 18.3 Å². The van der Waals surface area contributed by atoms with Gasteiger partial charge in [-0.15, -0.1) is 0 Å². The monoisotopic (exact) mass is 208 g/mol. The van der Waals surface area contributed by atoms with Crippen LogP contribution < -0.4 is 10.1 Å². The first-order valence-corrected chi connectivity index (χ1v) is 5.36. The van der Waals surface area contributed by atoms with Crippen molar-refractivity contribution in [2.75, 3.05) is 13.7 Å². The first kappa shape index (κ1) is 12.0. The molecule has 0 aliphatic carbocycles. The molecule has 1 aromatic rings. The van der Waals surface area contributed by atoms with Gasteiger partial charge >= 0.3 is 0 Å². The van der Waals surface area contributed by atoms with Gasteiger partial charge in [-0.2, -0.15) is 0 Å². The maximum atomic E-state index is 5.60. The number of nitrogens with one attached hydrogen (secondary N) is 1. The van der Waals surface area contributed by atoms with E-state index in [0.717, 1.165) is 24.7 Å². The lowest BCUT2D eigenvalue weighted by molar-refractivity contribution is 0.260. The fourth-order valence-corrected chi connectivity index (χ4v) is 1.34. The van der Waals surface area contributed by atoms with Crippen LogP contribution in [-0.2, 0) is 6.54 Å². The molecule has 0 fully saturated rings. The van der Waals surface area contributed by atoms with Crippen molar-refractivity contribution in [3.05, 3.63) is 23.4 Å². The van der Waals surface area contributed by atoms with Gasteiger partial charge in [-0.1, -0.05) is 13.8 Å². The zero-order valence-corrected chi connectivity index (χ0v) is 10.0. The third kappa shape index (κ3) is 4.30. The minimum Gasteiger partial charge on any atom is -0.477 e. The van der Waals surface area contributed by atoms with Crippen LogP contribution in [0.2, 0.25) is 0 Å². The Hall–Kier alpha value is -1.09. The average Bonchev–Trinajstić information content (AvgIpc) is 2.14. The average molecular weight is 208 g/mol. The molecule has 1 rings (SSSR count). The van der Waals surface area contributed by atoms with E-state index in [1.807, 2.05) is 20.0 Å². The van der Waals surface area contributed by atoms with E-state index in [1.165, 1.54) is 5.56 Å². The van der Waals surface area contributed by atoms with E-state index >= 15 is 0 Å². The van der Waals surface area contributed by atoms with E-state index in [4.69, 9.17) is 4.74 Å². The molecule has 0 aromatic carbocycles. The van der Waals surface area contributed by atoms with Crippen molar-refractivity contribution in [2.24, 2.45) is 5.92 Å². The summed E-state index contributed by atoms with van der Waals surface area (Å²) in [6, 6.07) is 4.06. The molecule has 0 atom stereocenters. The molecule has 0 bridgehead atoms. The van der Waals surface area contributed by atoms with Gasteiger partial charge < -0.3 is 10.1 Å². The van der Waals surface area contributed by atoms with Crippen LogP contribution in [0.4, 0.5) is 0 Å². The van der Waals surface area contributed by atoms with Gasteiger partial charge in [0.25, 0.3) is 0 Å². The predicted octanol–water partition coefficient (Wildman–Crippen LogP) is 2.14. The zero-order chi connectivity index (χ0) is 11.3. The molecule has 15 heavy (non-hydrogen) atoms. The van der Waals surface area contributed by atoms with Gasteiger partial charge in [0.15, 0.2) is 0 Å². The highest BCUT2D eigenvalue weighted by Crippen LogP contribution is 2.13. The summed E-state index contributed by atoms with van der Waals surface area (Å²) < 4.78 is 5.60. The quantitative estimate of drug-likeness (QED) is 0.805. The highest BCUT2D eigenvalue weighted by Gasteiger charge is 2.02. The minimum absolute atomic E-state index is 0.528. The molecule has 3 heteroatoms. The molecule has 84 valence electrons. The van der Waals surface area contributed by atoms with Crippen molar-refractivity contribution in [1.82, 2.24) is 10.3 Å². The lowest BCUT2D eigenvalue weighted by atomic mass is 10.2. The summed E-state index contributed by atoms with van der Waals surface area (Å²) in [6.45, 7) is 7.81. The summed E-state index contributed by atoms with van der Waals surface area (Å²) >= 11 is 0. The summed E-state index contributed by atoms with van der Waals surface area (Å²) in [5, 5.41) is 3.12. The second-order valence-electron chi connectivity index (χ2n) is 4.19. The lowest BCUT2D eigenvalue weighted by Gasteiger charge is -2.10. The number of ether oxygens (including phenoxy) is 1. The summed E-state index contributed by atoms with van der Waals surface area (Å²) in [5.41, 5.74) is 2.21. The SMILES string of the molecule is CNCc1cc(C)nc(OCC(C)C)c1. The number of aromatic nitrogens is 1. The van der Waals surface area contributed by atoms with Crippen LogP contribution in [-0.4, -0.2) is 18.6 Å². The Kier molecular flexibility index (Phi) is 4.56. The summed E-state index contributed by atoms with van der Waals surface area (Å²) in [6.07, 6.45) is 0. The maximum absolute atomic E-state index is 5.60. The number of rotatable bonds is 5. The molecule has 1 N–H and O–H groups in total. The van der Waals surface area contributed by atoms with Gasteiger partial charge in [0.05, 0.1) is 6.61 Å². The second kappa shape index (κ2) is 5.71. The summed E-state index contributed by atoms with van der Waals surface area (Å²) in [4.78, 5) is 4.34. The van der Waals surface area contributed by atoms with E-state index in [-0.39, 0.29) is 0 Å². The minimum atomic E-state index is 0.528. The van der Waals surface area contributed by atoms with Crippen LogP contribution in [0.25, 0.3) is 0 Å². The van der Waals surface area contributed by atoms with Gasteiger partial charge in [-0.25, -0.2) is 4.98 Å². The van der Waals surface area contributed by atoms with Crippen molar-refractivity contribution in [3.8, 4) is 5.88 Å². The molecule has 3 nitrogen and oxygen atoms in total. The van der Waals surface area contributed by atoms with Crippen LogP contribution in [0.3, 0.4) is 0 Å². The fraction of sp³-hybridized carbons (Fsp3) is 0.583. The number of hydrogen-bond acceptors (Lipinski definition) is 3. The first-order chi connectivity index (χ1) is 7.11. The van der Waals surface area contributed by atoms with Crippen molar-refractivity contribution >= 4 is 0 Å². The number of pyridine rings is 1. The van der Waals surface area contributed by atoms with Crippen LogP contribution in [0.1, 0.15) is 25.1 Å². The molecule has 0 radical (unpaired) electrons. The normalized spacial score (nSPS) is 10.7. The van der Waals surface area contributed by atoms with Crippen molar-refractivity contribution in [2.45, 2.75) is 27.3 Å². The van der Waals surface area contributed by atoms with Crippen LogP contribution in [0.15, 0.2) is 12.1 Å². The Bertz CT molecular complexity index is 310. The molecule has 1 heterocycles. The van der Waals surface area contributed by atoms with Crippen LogP contribution >= 0.6 is 0 Å². The van der Waals surface area contributed by atoms with Gasteiger partial charge in [0.2, 0.25) is 5.88 Å². The Labute approximate surface area is 91.9 Å². The molecule has 0 unspecified atom stereocenters. The van der Waals surface area contributed by atoms with Crippen molar-refractivity contribution < 1.29 is 4.74 Å². The molecular formula is C12H20N2O. The standard InChI is InChI=1S/C12H20N2O/c1-9(2)8-15-12-6-11(7-13-4)5-10(3)14-12/h5-6,9,13H,7-8H2,1-4H3. The molecular weight excluding hydrogens is 188 g/mol. The topological polar surface area (TPSA) is 34.2 Å². The Balaban J connectivity index is 2.70. The largest absolute Gasteiger partial charge is 0.477 e. The smallest absolute Gasteiger partial charge is 0.213 e. The molecule has 0 spiro atoms. The van der Waals surface area contributed by atoms with E-state index in [9.17, 15) is 0 Å². The maximum Gasteiger partial charge on any atom is 0.213 e. The van der Waals surface area contributed by atoms with E-state index < -0.39 is 0 Å².